The average molecular weight is 296 g/mol. The molecule has 1 aliphatic heterocycles. The number of likely N-dealkylation sites (N-methyl/N-ethyl adjacent to an activating group) is 1. The fourth-order valence-corrected chi connectivity index (χ4v) is 2.40. The molecule has 22 heavy (non-hydrogen) atoms. The molecule has 3 heterocycles. The number of aromatic nitrogens is 2. The number of rotatable bonds is 4. The Labute approximate surface area is 130 Å². The molecule has 0 spiro atoms. The predicted octanol–water partition coefficient (Wildman–Crippen LogP) is 0.0105. The van der Waals surface area contributed by atoms with Crippen molar-refractivity contribution in [1.82, 2.24) is 14.5 Å². The first-order valence-electron chi connectivity index (χ1n) is 7.06. The van der Waals surface area contributed by atoms with Crippen LogP contribution in [0.4, 0.5) is 11.5 Å². The summed E-state index contributed by atoms with van der Waals surface area (Å²) in [5.41, 5.74) is 0.747. The molecule has 1 N–H and O–H groups in total. The van der Waals surface area contributed by atoms with E-state index >= 15 is 0 Å². The highest BCUT2D eigenvalue weighted by atomic mass is 16.5. The third-order valence-electron chi connectivity index (χ3n) is 3.54. The van der Waals surface area contributed by atoms with Gasteiger partial charge in [-0.3, -0.25) is 9.69 Å². The summed E-state index contributed by atoms with van der Waals surface area (Å²) in [4.78, 5) is 18.5. The summed E-state index contributed by atoms with van der Waals surface area (Å²) in [5, 5.41) is 2.98. The van der Waals surface area contributed by atoms with E-state index in [4.69, 9.17) is 12.6 Å². The summed E-state index contributed by atoms with van der Waals surface area (Å²) in [6.45, 7) is 1.86. The maximum atomic E-state index is 12.0. The van der Waals surface area contributed by atoms with Crippen molar-refractivity contribution in [3.8, 4) is 5.75 Å². The number of nitrogens with zero attached hydrogens (tertiary/aromatic N) is 3. The highest BCUT2D eigenvalue weighted by molar-refractivity contribution is 6.32. The van der Waals surface area contributed by atoms with Crippen LogP contribution in [0.1, 0.15) is 0 Å². The van der Waals surface area contributed by atoms with Gasteiger partial charge in [0.1, 0.15) is 31.2 Å². The Morgan fingerprint density at radius 3 is 2.77 bits per heavy atom. The molecular weight excluding hydrogens is 279 g/mol. The van der Waals surface area contributed by atoms with Crippen LogP contribution in [-0.2, 0) is 7.05 Å². The van der Waals surface area contributed by atoms with Gasteiger partial charge in [0.05, 0.1) is 6.20 Å². The van der Waals surface area contributed by atoms with Gasteiger partial charge in [0.25, 0.3) is 5.56 Å². The molecule has 2 radical (unpaired) electrons. The van der Waals surface area contributed by atoms with Gasteiger partial charge in [-0.15, -0.1) is 0 Å². The number of aryl methyl sites for hydroxylation is 1. The average Bonchev–Trinajstić information content (AvgIpc) is 2.44. The molecule has 0 amide bonds. The Morgan fingerprint density at radius 2 is 2.14 bits per heavy atom. The Kier molecular flexibility index (Phi) is 3.89. The van der Waals surface area contributed by atoms with E-state index in [1.165, 1.54) is 4.57 Å². The number of ether oxygens (including phenoxy) is 1. The van der Waals surface area contributed by atoms with Crippen molar-refractivity contribution in [2.45, 2.75) is 6.10 Å². The Hall–Kier alpha value is -2.28. The SMILES string of the molecule is [B]c1cc(Nc2ccc(OC3CN(C)C3)cn2)c(=O)n(C)c1. The number of hydrogen-bond donors (Lipinski definition) is 1. The van der Waals surface area contributed by atoms with Crippen molar-refractivity contribution in [3.05, 3.63) is 40.9 Å². The highest BCUT2D eigenvalue weighted by Crippen LogP contribution is 2.18. The minimum Gasteiger partial charge on any atom is -0.486 e. The van der Waals surface area contributed by atoms with Crippen molar-refractivity contribution in [1.29, 1.82) is 0 Å². The van der Waals surface area contributed by atoms with Crippen molar-refractivity contribution in [2.24, 2.45) is 7.05 Å². The largest absolute Gasteiger partial charge is 0.486 e. The molecular formula is C15H17BN4O2. The zero-order valence-electron chi connectivity index (χ0n) is 12.6. The van der Waals surface area contributed by atoms with E-state index in [-0.39, 0.29) is 11.7 Å². The van der Waals surface area contributed by atoms with Gasteiger partial charge in [0.2, 0.25) is 0 Å². The van der Waals surface area contributed by atoms with Gasteiger partial charge >= 0.3 is 0 Å². The van der Waals surface area contributed by atoms with Gasteiger partial charge in [-0.1, -0.05) is 5.46 Å². The lowest BCUT2D eigenvalue weighted by atomic mass is 9.98. The molecule has 0 aliphatic carbocycles. The maximum absolute atomic E-state index is 12.0. The number of anilines is 2. The van der Waals surface area contributed by atoms with Crippen LogP contribution in [0.15, 0.2) is 35.4 Å². The predicted molar refractivity (Wildman–Crippen MR) is 86.5 cm³/mol. The summed E-state index contributed by atoms with van der Waals surface area (Å²) in [6.07, 6.45) is 3.46. The molecule has 2 aromatic rings. The van der Waals surface area contributed by atoms with E-state index in [0.717, 1.165) is 18.8 Å². The Morgan fingerprint density at radius 1 is 1.36 bits per heavy atom. The third kappa shape index (κ3) is 3.14. The minimum atomic E-state index is -0.158. The van der Waals surface area contributed by atoms with E-state index < -0.39 is 0 Å². The van der Waals surface area contributed by atoms with Crippen LogP contribution in [0.5, 0.6) is 5.75 Å². The monoisotopic (exact) mass is 296 g/mol. The van der Waals surface area contributed by atoms with Crippen LogP contribution in [-0.4, -0.2) is 48.5 Å². The number of nitrogens with one attached hydrogen (secondary N) is 1. The normalized spacial score (nSPS) is 15.4. The van der Waals surface area contributed by atoms with Gasteiger partial charge < -0.3 is 14.6 Å². The molecule has 0 bridgehead atoms. The van der Waals surface area contributed by atoms with Crippen LogP contribution in [0, 0.1) is 0 Å². The summed E-state index contributed by atoms with van der Waals surface area (Å²) in [6, 6.07) is 5.21. The lowest BCUT2D eigenvalue weighted by Gasteiger charge is -2.35. The van der Waals surface area contributed by atoms with Gasteiger partial charge in [0, 0.05) is 20.1 Å². The number of likely N-dealkylation sites (tertiary alicyclic amines) is 1. The molecule has 0 atom stereocenters. The van der Waals surface area contributed by atoms with Crippen molar-refractivity contribution in [2.75, 3.05) is 25.5 Å². The molecule has 0 unspecified atom stereocenters. The zero-order chi connectivity index (χ0) is 15.7. The summed E-state index contributed by atoms with van der Waals surface area (Å²) in [7, 11) is 9.46. The smallest absolute Gasteiger partial charge is 0.273 e. The molecule has 112 valence electrons. The molecule has 3 rings (SSSR count). The lowest BCUT2D eigenvalue weighted by Crippen LogP contribution is -2.51. The van der Waals surface area contributed by atoms with Crippen molar-refractivity contribution < 1.29 is 4.74 Å². The maximum Gasteiger partial charge on any atom is 0.273 e. The quantitative estimate of drug-likeness (QED) is 0.806. The molecule has 1 fully saturated rings. The fraction of sp³-hybridized carbons (Fsp3) is 0.333. The molecule has 2 aromatic heterocycles. The summed E-state index contributed by atoms with van der Waals surface area (Å²) < 4.78 is 7.20. The first-order chi connectivity index (χ1) is 10.5. The summed E-state index contributed by atoms with van der Waals surface area (Å²) in [5.74, 6) is 1.30. The molecule has 1 saturated heterocycles. The summed E-state index contributed by atoms with van der Waals surface area (Å²) >= 11 is 0. The van der Waals surface area contributed by atoms with Crippen molar-refractivity contribution >= 4 is 24.8 Å². The number of pyridine rings is 2. The zero-order valence-corrected chi connectivity index (χ0v) is 12.6. The second-order valence-electron chi connectivity index (χ2n) is 5.57. The van der Waals surface area contributed by atoms with E-state index in [1.807, 2.05) is 6.07 Å². The lowest BCUT2D eigenvalue weighted by molar-refractivity contribution is 0.0386. The van der Waals surface area contributed by atoms with E-state index in [0.29, 0.717) is 17.0 Å². The molecule has 0 aromatic carbocycles. The van der Waals surface area contributed by atoms with Crippen LogP contribution in [0.3, 0.4) is 0 Å². The Balaban J connectivity index is 1.70. The van der Waals surface area contributed by atoms with Crippen LogP contribution in [0.2, 0.25) is 0 Å². The van der Waals surface area contributed by atoms with Gasteiger partial charge in [-0.2, -0.15) is 0 Å². The Bertz CT molecular complexity index is 723. The first kappa shape index (κ1) is 14.7. The first-order valence-corrected chi connectivity index (χ1v) is 7.06. The van der Waals surface area contributed by atoms with Crippen LogP contribution < -0.4 is 21.1 Å². The van der Waals surface area contributed by atoms with E-state index in [1.54, 1.807) is 31.6 Å². The molecule has 7 heteroatoms. The standard InChI is InChI=1S/C15H17BN4O2/c1-19-8-12(9-19)22-11-3-4-14(17-6-11)18-13-5-10(16)7-20(2)15(13)21/h3-7,12H,8-9H2,1-2H3,(H,17,18). The third-order valence-corrected chi connectivity index (χ3v) is 3.54. The molecule has 0 saturated carbocycles. The number of hydrogen-bond acceptors (Lipinski definition) is 5. The van der Waals surface area contributed by atoms with E-state index in [2.05, 4.69) is 22.2 Å². The van der Waals surface area contributed by atoms with Crippen molar-refractivity contribution in [3.63, 3.8) is 0 Å². The molecule has 6 nitrogen and oxygen atoms in total. The van der Waals surface area contributed by atoms with Gasteiger partial charge in [-0.25, -0.2) is 4.98 Å². The minimum absolute atomic E-state index is 0.158. The highest BCUT2D eigenvalue weighted by Gasteiger charge is 2.24. The van der Waals surface area contributed by atoms with Crippen LogP contribution >= 0.6 is 0 Å². The van der Waals surface area contributed by atoms with Crippen LogP contribution in [0.25, 0.3) is 0 Å². The topological polar surface area (TPSA) is 59.4 Å². The van der Waals surface area contributed by atoms with Gasteiger partial charge in [0.15, 0.2) is 0 Å². The van der Waals surface area contributed by atoms with E-state index in [9.17, 15) is 4.79 Å². The fourth-order valence-electron chi connectivity index (χ4n) is 2.40. The second-order valence-corrected chi connectivity index (χ2v) is 5.57. The molecule has 1 aliphatic rings. The van der Waals surface area contributed by atoms with Gasteiger partial charge in [-0.05, 0) is 31.4 Å². The second kappa shape index (κ2) is 5.85.